The molecule has 0 saturated carbocycles. The number of benzene rings is 2. The predicted octanol–water partition coefficient (Wildman–Crippen LogP) is 3.08. The van der Waals surface area contributed by atoms with Gasteiger partial charge in [0, 0.05) is 38.4 Å². The highest BCUT2D eigenvalue weighted by Crippen LogP contribution is 2.29. The van der Waals surface area contributed by atoms with Gasteiger partial charge in [0.2, 0.25) is 5.91 Å². The largest absolute Gasteiger partial charge is 0.373 e. The standard InChI is InChI=1S/C23H29N3O2/c1-25-10-12-26(13-11-25)17-18-5-4-7-20(15-18)24-23(27)16-22-21-8-3-2-6-19(21)9-14-28-22/h2-8,15,22H,9-14,16-17H2,1H3,(H,24,27). The van der Waals surface area contributed by atoms with Crippen molar-refractivity contribution in [2.45, 2.75) is 25.5 Å². The van der Waals surface area contributed by atoms with Crippen molar-refractivity contribution in [1.82, 2.24) is 9.80 Å². The highest BCUT2D eigenvalue weighted by atomic mass is 16.5. The van der Waals surface area contributed by atoms with E-state index >= 15 is 0 Å². The molecule has 2 aliphatic rings. The monoisotopic (exact) mass is 379 g/mol. The van der Waals surface area contributed by atoms with Crippen LogP contribution in [0.5, 0.6) is 0 Å². The molecule has 2 aromatic rings. The van der Waals surface area contributed by atoms with Crippen LogP contribution in [-0.4, -0.2) is 55.5 Å². The number of nitrogens with zero attached hydrogens (tertiary/aromatic N) is 2. The van der Waals surface area contributed by atoms with Crippen LogP contribution >= 0.6 is 0 Å². The average Bonchev–Trinajstić information content (AvgIpc) is 2.70. The van der Waals surface area contributed by atoms with Gasteiger partial charge in [-0.2, -0.15) is 0 Å². The van der Waals surface area contributed by atoms with Crippen molar-refractivity contribution < 1.29 is 9.53 Å². The summed E-state index contributed by atoms with van der Waals surface area (Å²) in [5.74, 6) is -0.00143. The van der Waals surface area contributed by atoms with Crippen LogP contribution in [0.15, 0.2) is 48.5 Å². The molecule has 2 aliphatic heterocycles. The first-order valence-corrected chi connectivity index (χ1v) is 10.2. The highest BCUT2D eigenvalue weighted by molar-refractivity contribution is 5.91. The van der Waals surface area contributed by atoms with Gasteiger partial charge in [-0.15, -0.1) is 0 Å². The molecule has 1 saturated heterocycles. The van der Waals surface area contributed by atoms with E-state index in [1.807, 2.05) is 24.3 Å². The second-order valence-electron chi connectivity index (χ2n) is 7.84. The summed E-state index contributed by atoms with van der Waals surface area (Å²) in [6.45, 7) is 6.00. The van der Waals surface area contributed by atoms with E-state index in [2.05, 4.69) is 46.4 Å². The molecule has 2 aromatic carbocycles. The topological polar surface area (TPSA) is 44.8 Å². The molecule has 5 nitrogen and oxygen atoms in total. The number of hydrogen-bond acceptors (Lipinski definition) is 4. The first-order chi connectivity index (χ1) is 13.7. The molecule has 1 unspecified atom stereocenters. The fourth-order valence-electron chi connectivity index (χ4n) is 4.04. The van der Waals surface area contributed by atoms with E-state index in [-0.39, 0.29) is 12.0 Å². The fraction of sp³-hybridized carbons (Fsp3) is 0.435. The number of piperazine rings is 1. The van der Waals surface area contributed by atoms with Crippen LogP contribution in [0.3, 0.4) is 0 Å². The summed E-state index contributed by atoms with van der Waals surface area (Å²) in [5, 5.41) is 3.06. The Labute approximate surface area is 167 Å². The molecule has 148 valence electrons. The van der Waals surface area contributed by atoms with E-state index in [9.17, 15) is 4.79 Å². The number of rotatable bonds is 5. The minimum atomic E-state index is -0.154. The zero-order valence-electron chi connectivity index (χ0n) is 16.6. The SMILES string of the molecule is CN1CCN(Cc2cccc(NC(=O)CC3OCCc4ccccc43)c2)CC1. The number of carbonyl (C=O) groups excluding carboxylic acids is 1. The Morgan fingerprint density at radius 1 is 1.11 bits per heavy atom. The van der Waals surface area contributed by atoms with Crippen LogP contribution in [0.25, 0.3) is 0 Å². The van der Waals surface area contributed by atoms with Gasteiger partial charge in [0.05, 0.1) is 19.1 Å². The molecular formula is C23H29N3O2. The van der Waals surface area contributed by atoms with E-state index in [0.717, 1.165) is 50.4 Å². The number of nitrogens with one attached hydrogen (secondary N) is 1. The number of likely N-dealkylation sites (N-methyl/N-ethyl adjacent to an activating group) is 1. The molecule has 2 heterocycles. The van der Waals surface area contributed by atoms with Gasteiger partial charge in [-0.3, -0.25) is 9.69 Å². The normalized spacial score (nSPS) is 20.5. The minimum absolute atomic E-state index is 0.00143. The molecule has 0 aromatic heterocycles. The van der Waals surface area contributed by atoms with Gasteiger partial charge < -0.3 is 15.0 Å². The first kappa shape index (κ1) is 19.1. The van der Waals surface area contributed by atoms with Crippen molar-refractivity contribution in [3.8, 4) is 0 Å². The third-order valence-electron chi connectivity index (χ3n) is 5.68. The number of amides is 1. The molecule has 0 spiro atoms. The van der Waals surface area contributed by atoms with Crippen molar-refractivity contribution >= 4 is 11.6 Å². The van der Waals surface area contributed by atoms with E-state index in [0.29, 0.717) is 13.0 Å². The first-order valence-electron chi connectivity index (χ1n) is 10.2. The molecule has 0 bridgehead atoms. The van der Waals surface area contributed by atoms with E-state index < -0.39 is 0 Å². The maximum Gasteiger partial charge on any atom is 0.227 e. The summed E-state index contributed by atoms with van der Waals surface area (Å²) >= 11 is 0. The van der Waals surface area contributed by atoms with Gasteiger partial charge in [-0.25, -0.2) is 0 Å². The van der Waals surface area contributed by atoms with E-state index in [1.165, 1.54) is 11.1 Å². The van der Waals surface area contributed by atoms with E-state index in [1.54, 1.807) is 0 Å². The second kappa shape index (κ2) is 8.86. The number of hydrogen-bond donors (Lipinski definition) is 1. The maximum absolute atomic E-state index is 12.6. The van der Waals surface area contributed by atoms with Crippen molar-refractivity contribution in [3.63, 3.8) is 0 Å². The lowest BCUT2D eigenvalue weighted by Gasteiger charge is -2.32. The molecule has 28 heavy (non-hydrogen) atoms. The molecule has 4 rings (SSSR count). The molecule has 1 fully saturated rings. The van der Waals surface area contributed by atoms with Gasteiger partial charge in [-0.1, -0.05) is 36.4 Å². The fourth-order valence-corrected chi connectivity index (χ4v) is 4.04. The number of carbonyl (C=O) groups is 1. The molecule has 0 radical (unpaired) electrons. The lowest BCUT2D eigenvalue weighted by atomic mass is 9.95. The molecule has 1 N–H and O–H groups in total. The Kier molecular flexibility index (Phi) is 6.05. The molecular weight excluding hydrogens is 350 g/mol. The number of fused-ring (bicyclic) bond motifs is 1. The van der Waals surface area contributed by atoms with E-state index in [4.69, 9.17) is 4.74 Å². The van der Waals surface area contributed by atoms with Gasteiger partial charge in [-0.05, 0) is 42.3 Å². The summed E-state index contributed by atoms with van der Waals surface area (Å²) in [6.07, 6.45) is 1.11. The predicted molar refractivity (Wildman–Crippen MR) is 111 cm³/mol. The summed E-state index contributed by atoms with van der Waals surface area (Å²) in [4.78, 5) is 17.4. The van der Waals surface area contributed by atoms with Crippen molar-refractivity contribution in [3.05, 3.63) is 65.2 Å². The Balaban J connectivity index is 1.35. The van der Waals surface area contributed by atoms with Crippen LogP contribution in [0.4, 0.5) is 5.69 Å². The molecule has 1 atom stereocenters. The molecule has 0 aliphatic carbocycles. The average molecular weight is 380 g/mol. The number of anilines is 1. The van der Waals surface area contributed by atoms with Gasteiger partial charge in [0.1, 0.15) is 0 Å². The smallest absolute Gasteiger partial charge is 0.227 e. The Morgan fingerprint density at radius 2 is 1.93 bits per heavy atom. The van der Waals surface area contributed by atoms with Crippen molar-refractivity contribution in [2.75, 3.05) is 45.2 Å². The highest BCUT2D eigenvalue weighted by Gasteiger charge is 2.23. The minimum Gasteiger partial charge on any atom is -0.373 e. The maximum atomic E-state index is 12.6. The van der Waals surface area contributed by atoms with Crippen LogP contribution in [0, 0.1) is 0 Å². The Bertz CT molecular complexity index is 815. The molecule has 5 heteroatoms. The summed E-state index contributed by atoms with van der Waals surface area (Å²) < 4.78 is 5.87. The lowest BCUT2D eigenvalue weighted by Crippen LogP contribution is -2.43. The Hall–Kier alpha value is -2.21. The lowest BCUT2D eigenvalue weighted by molar-refractivity contribution is -0.119. The van der Waals surface area contributed by atoms with Crippen LogP contribution in [-0.2, 0) is 22.5 Å². The van der Waals surface area contributed by atoms with Crippen molar-refractivity contribution in [2.24, 2.45) is 0 Å². The van der Waals surface area contributed by atoms with Gasteiger partial charge in [0.15, 0.2) is 0 Å². The van der Waals surface area contributed by atoms with Crippen molar-refractivity contribution in [1.29, 1.82) is 0 Å². The van der Waals surface area contributed by atoms with Crippen LogP contribution < -0.4 is 5.32 Å². The zero-order chi connectivity index (χ0) is 19.3. The van der Waals surface area contributed by atoms with Gasteiger partial charge in [0.25, 0.3) is 0 Å². The summed E-state index contributed by atoms with van der Waals surface area (Å²) in [6, 6.07) is 16.5. The summed E-state index contributed by atoms with van der Waals surface area (Å²) in [5.41, 5.74) is 4.54. The number of ether oxygens (including phenoxy) is 1. The summed E-state index contributed by atoms with van der Waals surface area (Å²) in [7, 11) is 2.17. The quantitative estimate of drug-likeness (QED) is 0.867. The van der Waals surface area contributed by atoms with Crippen LogP contribution in [0.1, 0.15) is 29.2 Å². The Morgan fingerprint density at radius 3 is 2.79 bits per heavy atom. The van der Waals surface area contributed by atoms with Gasteiger partial charge >= 0.3 is 0 Å². The molecule has 1 amide bonds. The second-order valence-corrected chi connectivity index (χ2v) is 7.84. The third kappa shape index (κ3) is 4.79. The van der Waals surface area contributed by atoms with Crippen LogP contribution in [0.2, 0.25) is 0 Å². The third-order valence-corrected chi connectivity index (χ3v) is 5.68. The zero-order valence-corrected chi connectivity index (χ0v) is 16.6.